The second kappa shape index (κ2) is 8.79. The number of aryl methyl sites for hydroxylation is 2. The number of rotatable bonds is 6. The molecule has 0 saturated carbocycles. The number of halogens is 1. The highest BCUT2D eigenvalue weighted by molar-refractivity contribution is 6.30. The van der Waals surface area contributed by atoms with Crippen LogP contribution in [0, 0.1) is 0 Å². The van der Waals surface area contributed by atoms with Crippen LogP contribution in [-0.2, 0) is 18.2 Å². The molecule has 2 aromatic rings. The molecule has 1 amide bonds. The van der Waals surface area contributed by atoms with E-state index >= 15 is 0 Å². The minimum atomic E-state index is -0.293. The first-order chi connectivity index (χ1) is 13.4. The molecule has 1 fully saturated rings. The molecule has 0 unspecified atom stereocenters. The predicted molar refractivity (Wildman–Crippen MR) is 108 cm³/mol. The molecule has 0 radical (unpaired) electrons. The fourth-order valence-electron chi connectivity index (χ4n) is 3.40. The number of ether oxygens (including phenoxy) is 1. The van der Waals surface area contributed by atoms with Crippen LogP contribution in [0.15, 0.2) is 23.1 Å². The van der Waals surface area contributed by atoms with Gasteiger partial charge in [0.25, 0.3) is 11.5 Å². The molecular weight excluding hydrogens is 382 g/mol. The van der Waals surface area contributed by atoms with Crippen LogP contribution in [0.5, 0.6) is 0 Å². The van der Waals surface area contributed by atoms with Gasteiger partial charge >= 0.3 is 0 Å². The molecule has 1 aliphatic rings. The Balaban J connectivity index is 1.70. The van der Waals surface area contributed by atoms with Gasteiger partial charge in [-0.1, -0.05) is 18.5 Å². The Morgan fingerprint density at radius 3 is 2.89 bits per heavy atom. The van der Waals surface area contributed by atoms with Gasteiger partial charge in [-0.05, 0) is 25.8 Å². The van der Waals surface area contributed by atoms with Crippen LogP contribution < -0.4 is 15.8 Å². The van der Waals surface area contributed by atoms with Crippen LogP contribution in [-0.4, -0.2) is 52.3 Å². The second-order valence-corrected chi connectivity index (χ2v) is 7.21. The van der Waals surface area contributed by atoms with Gasteiger partial charge in [0, 0.05) is 44.7 Å². The molecule has 0 bridgehead atoms. The summed E-state index contributed by atoms with van der Waals surface area (Å²) in [6, 6.07) is 3.39. The molecule has 0 aliphatic carbocycles. The predicted octanol–water partition coefficient (Wildman–Crippen LogP) is 1.74. The first-order valence-electron chi connectivity index (χ1n) is 9.51. The highest BCUT2D eigenvalue weighted by Gasteiger charge is 2.32. The molecule has 152 valence electrons. The number of aromatic amines is 1. The zero-order valence-electron chi connectivity index (χ0n) is 16.4. The van der Waals surface area contributed by atoms with Gasteiger partial charge in [-0.2, -0.15) is 0 Å². The Hall–Kier alpha value is -2.32. The molecule has 3 rings (SSSR count). The van der Waals surface area contributed by atoms with Crippen molar-refractivity contribution in [3.05, 3.63) is 45.4 Å². The fraction of sp³-hybridized carbons (Fsp3) is 0.526. The lowest BCUT2D eigenvalue weighted by atomic mass is 10.0. The molecule has 9 heteroatoms. The zero-order chi connectivity index (χ0) is 20.3. The number of anilines is 1. The van der Waals surface area contributed by atoms with E-state index in [-0.39, 0.29) is 29.4 Å². The third-order valence-corrected chi connectivity index (χ3v) is 5.32. The van der Waals surface area contributed by atoms with Gasteiger partial charge in [0.05, 0.1) is 17.8 Å². The summed E-state index contributed by atoms with van der Waals surface area (Å²) in [5.74, 6) is -0.0792. The summed E-state index contributed by atoms with van der Waals surface area (Å²) in [5.41, 5.74) is 1.55. The molecular formula is C19H26ClN5O3. The van der Waals surface area contributed by atoms with Crippen LogP contribution in [0.1, 0.15) is 36.6 Å². The standard InChI is InChI=1S/C19H26ClN5O3/c1-4-13-17(20)23-18(21-13)19(27)22-14-7-9-25(11-15(14)28-5-2)12-6-8-24(3)16(26)10-12/h6,8,10,14-15H,4-5,7,9,11H2,1-3H3,(H,21,23)(H,22,27)/t14-,15+/m1/s1. The van der Waals surface area contributed by atoms with E-state index in [2.05, 4.69) is 20.2 Å². The van der Waals surface area contributed by atoms with Gasteiger partial charge in [-0.25, -0.2) is 4.98 Å². The Labute approximate surface area is 168 Å². The summed E-state index contributed by atoms with van der Waals surface area (Å²) in [4.78, 5) is 33.7. The van der Waals surface area contributed by atoms with E-state index in [1.807, 2.05) is 19.9 Å². The number of hydrogen-bond acceptors (Lipinski definition) is 5. The number of hydrogen-bond donors (Lipinski definition) is 2. The summed E-state index contributed by atoms with van der Waals surface area (Å²) >= 11 is 6.04. The van der Waals surface area contributed by atoms with E-state index in [4.69, 9.17) is 16.3 Å². The molecule has 3 heterocycles. The third-order valence-electron chi connectivity index (χ3n) is 5.01. The zero-order valence-corrected chi connectivity index (χ0v) is 17.1. The second-order valence-electron chi connectivity index (χ2n) is 6.85. The van der Waals surface area contributed by atoms with Crippen LogP contribution in [0.3, 0.4) is 0 Å². The van der Waals surface area contributed by atoms with E-state index in [1.54, 1.807) is 19.3 Å². The van der Waals surface area contributed by atoms with Crippen molar-refractivity contribution in [2.75, 3.05) is 24.6 Å². The van der Waals surface area contributed by atoms with Gasteiger partial charge in [0.1, 0.15) is 0 Å². The maximum Gasteiger partial charge on any atom is 0.287 e. The summed E-state index contributed by atoms with van der Waals surface area (Å²) in [6.07, 6.45) is 2.94. The third kappa shape index (κ3) is 4.39. The smallest absolute Gasteiger partial charge is 0.287 e. The minimum absolute atomic E-state index is 0.0534. The van der Waals surface area contributed by atoms with Crippen molar-refractivity contribution in [3.8, 4) is 0 Å². The van der Waals surface area contributed by atoms with E-state index in [9.17, 15) is 9.59 Å². The molecule has 8 nitrogen and oxygen atoms in total. The Morgan fingerprint density at radius 1 is 1.46 bits per heavy atom. The maximum atomic E-state index is 12.6. The van der Waals surface area contributed by atoms with Crippen LogP contribution in [0.25, 0.3) is 0 Å². The number of nitrogens with zero attached hydrogens (tertiary/aromatic N) is 3. The molecule has 0 aromatic carbocycles. The van der Waals surface area contributed by atoms with Crippen molar-refractivity contribution in [1.29, 1.82) is 0 Å². The van der Waals surface area contributed by atoms with Crippen molar-refractivity contribution in [2.24, 2.45) is 7.05 Å². The molecule has 0 spiro atoms. The minimum Gasteiger partial charge on any atom is -0.375 e. The molecule has 2 atom stereocenters. The van der Waals surface area contributed by atoms with Crippen molar-refractivity contribution in [2.45, 2.75) is 38.8 Å². The normalized spacial score (nSPS) is 19.6. The number of imidazole rings is 1. The maximum absolute atomic E-state index is 12.6. The number of carbonyl (C=O) groups excluding carboxylic acids is 1. The van der Waals surface area contributed by atoms with Crippen molar-refractivity contribution < 1.29 is 9.53 Å². The first kappa shape index (κ1) is 20.4. The molecule has 28 heavy (non-hydrogen) atoms. The number of pyridine rings is 1. The Morgan fingerprint density at radius 2 is 2.25 bits per heavy atom. The van der Waals surface area contributed by atoms with Crippen LogP contribution in [0.2, 0.25) is 5.15 Å². The van der Waals surface area contributed by atoms with Gasteiger partial charge in [0.2, 0.25) is 0 Å². The van der Waals surface area contributed by atoms with Gasteiger partial charge in [-0.3, -0.25) is 9.59 Å². The Kier molecular flexibility index (Phi) is 6.41. The molecule has 2 N–H and O–H groups in total. The molecule has 1 saturated heterocycles. The van der Waals surface area contributed by atoms with Crippen LogP contribution >= 0.6 is 11.6 Å². The average molecular weight is 408 g/mol. The van der Waals surface area contributed by atoms with E-state index < -0.39 is 0 Å². The first-order valence-corrected chi connectivity index (χ1v) is 9.89. The molecule has 1 aliphatic heterocycles. The summed E-state index contributed by atoms with van der Waals surface area (Å²) in [6.45, 7) is 5.70. The van der Waals surface area contributed by atoms with Gasteiger partial charge in [-0.15, -0.1) is 0 Å². The highest BCUT2D eigenvalue weighted by Crippen LogP contribution is 2.21. The van der Waals surface area contributed by atoms with Crippen molar-refractivity contribution in [1.82, 2.24) is 19.9 Å². The largest absolute Gasteiger partial charge is 0.375 e. The number of aromatic nitrogens is 3. The molecule has 2 aromatic heterocycles. The van der Waals surface area contributed by atoms with Crippen molar-refractivity contribution >= 4 is 23.2 Å². The van der Waals surface area contributed by atoms with E-state index in [0.717, 1.165) is 11.4 Å². The summed E-state index contributed by atoms with van der Waals surface area (Å²) in [5, 5.41) is 3.35. The van der Waals surface area contributed by atoms with Gasteiger partial charge in [0.15, 0.2) is 11.0 Å². The van der Waals surface area contributed by atoms with E-state index in [1.165, 1.54) is 4.57 Å². The number of piperidine rings is 1. The summed E-state index contributed by atoms with van der Waals surface area (Å²) in [7, 11) is 1.72. The number of H-pyrrole nitrogens is 1. The SMILES string of the molecule is CCO[C@H]1CN(c2ccn(C)c(=O)c2)CC[C@H]1NC(=O)c1nc(Cl)c(CC)[nH]1. The van der Waals surface area contributed by atoms with E-state index in [0.29, 0.717) is 37.7 Å². The number of nitrogens with one attached hydrogen (secondary N) is 2. The summed E-state index contributed by atoms with van der Waals surface area (Å²) < 4.78 is 7.43. The lowest BCUT2D eigenvalue weighted by Gasteiger charge is -2.39. The van der Waals surface area contributed by atoms with Crippen molar-refractivity contribution in [3.63, 3.8) is 0 Å². The number of carbonyl (C=O) groups is 1. The quantitative estimate of drug-likeness (QED) is 0.760. The Bertz CT molecular complexity index is 894. The monoisotopic (exact) mass is 407 g/mol. The topological polar surface area (TPSA) is 92.2 Å². The lowest BCUT2D eigenvalue weighted by Crippen LogP contribution is -2.55. The highest BCUT2D eigenvalue weighted by atomic mass is 35.5. The lowest BCUT2D eigenvalue weighted by molar-refractivity contribution is 0.0271. The fourth-order valence-corrected chi connectivity index (χ4v) is 3.67. The van der Waals surface area contributed by atoms with Crippen LogP contribution in [0.4, 0.5) is 5.69 Å². The average Bonchev–Trinajstić information content (AvgIpc) is 3.06. The van der Waals surface area contributed by atoms with Gasteiger partial charge < -0.3 is 24.5 Å². The number of amides is 1.